The predicted molar refractivity (Wildman–Crippen MR) is 110 cm³/mol. The number of aryl methyl sites for hydroxylation is 1. The molecular formula is C18H24ClN7OS. The van der Waals surface area contributed by atoms with E-state index in [-0.39, 0.29) is 17.6 Å². The molecule has 28 heavy (non-hydrogen) atoms. The lowest BCUT2D eigenvalue weighted by Crippen LogP contribution is -2.51. The van der Waals surface area contributed by atoms with Crippen molar-refractivity contribution in [1.82, 2.24) is 20.2 Å². The quantitative estimate of drug-likeness (QED) is 0.769. The molecule has 0 bridgehead atoms. The third-order valence-corrected chi connectivity index (χ3v) is 7.42. The number of aromatic nitrogens is 4. The Morgan fingerprint density at radius 3 is 2.71 bits per heavy atom. The molecule has 2 fully saturated rings. The molecule has 2 aromatic rings. The van der Waals surface area contributed by atoms with E-state index >= 15 is 0 Å². The minimum Gasteiger partial charge on any atom is -0.382 e. The average molecular weight is 422 g/mol. The molecule has 4 heterocycles. The van der Waals surface area contributed by atoms with Crippen LogP contribution in [0, 0.1) is 12.3 Å². The Morgan fingerprint density at radius 1 is 1.32 bits per heavy atom. The van der Waals surface area contributed by atoms with Crippen molar-refractivity contribution in [3.63, 3.8) is 0 Å². The van der Waals surface area contributed by atoms with Crippen molar-refractivity contribution in [2.75, 3.05) is 30.3 Å². The Balaban J connectivity index is 1.46. The lowest BCUT2D eigenvalue weighted by atomic mass is 9.73. The van der Waals surface area contributed by atoms with Gasteiger partial charge < -0.3 is 21.1 Å². The molecule has 0 aromatic carbocycles. The highest BCUT2D eigenvalue weighted by Crippen LogP contribution is 2.41. The van der Waals surface area contributed by atoms with Crippen LogP contribution in [0.5, 0.6) is 0 Å². The molecule has 8 nitrogen and oxygen atoms in total. The van der Waals surface area contributed by atoms with Crippen molar-refractivity contribution < 1.29 is 4.74 Å². The minimum absolute atomic E-state index is 0.0756. The van der Waals surface area contributed by atoms with Crippen molar-refractivity contribution >= 4 is 35.1 Å². The molecule has 150 valence electrons. The van der Waals surface area contributed by atoms with E-state index in [9.17, 15) is 0 Å². The summed E-state index contributed by atoms with van der Waals surface area (Å²) in [7, 11) is 0. The van der Waals surface area contributed by atoms with Crippen LogP contribution in [0.2, 0.25) is 5.02 Å². The van der Waals surface area contributed by atoms with Gasteiger partial charge in [-0.2, -0.15) is 0 Å². The largest absolute Gasteiger partial charge is 0.382 e. The van der Waals surface area contributed by atoms with E-state index in [0.29, 0.717) is 21.8 Å². The van der Waals surface area contributed by atoms with Gasteiger partial charge in [-0.05, 0) is 32.8 Å². The standard InChI is InChI=1S/C18H24ClN7OS/c1-10-16(28-12-3-6-22-15(21)13(12)19)24-25-17(23-10)26-7-4-18(5-8-26)9-27-11(2)14(18)20/h3,6,11,14H,4-5,7-9,20H2,1-2H3,(H2,21,22)/t11-,14+/m0/s1. The first-order valence-electron chi connectivity index (χ1n) is 9.31. The van der Waals surface area contributed by atoms with E-state index in [4.69, 9.17) is 27.8 Å². The van der Waals surface area contributed by atoms with Gasteiger partial charge in [0.2, 0.25) is 5.95 Å². The van der Waals surface area contributed by atoms with Gasteiger partial charge in [-0.15, -0.1) is 10.2 Å². The number of rotatable bonds is 3. The topological polar surface area (TPSA) is 116 Å². The summed E-state index contributed by atoms with van der Waals surface area (Å²) in [6, 6.07) is 1.89. The second kappa shape index (κ2) is 7.62. The third-order valence-electron chi connectivity index (χ3n) is 5.78. The highest BCUT2D eigenvalue weighted by molar-refractivity contribution is 7.99. The molecule has 2 saturated heterocycles. The zero-order valence-electron chi connectivity index (χ0n) is 15.9. The summed E-state index contributed by atoms with van der Waals surface area (Å²) in [5.41, 5.74) is 13.0. The van der Waals surface area contributed by atoms with E-state index in [1.165, 1.54) is 11.8 Å². The maximum Gasteiger partial charge on any atom is 0.245 e. The predicted octanol–water partition coefficient (Wildman–Crippen LogP) is 2.29. The molecule has 0 unspecified atom stereocenters. The molecule has 4 N–H and O–H groups in total. The van der Waals surface area contributed by atoms with Gasteiger partial charge in [0, 0.05) is 35.6 Å². The number of anilines is 2. The summed E-state index contributed by atoms with van der Waals surface area (Å²) in [6.45, 7) is 6.43. The number of piperidine rings is 1. The summed E-state index contributed by atoms with van der Waals surface area (Å²) in [5, 5.41) is 9.85. The normalized spacial score (nSPS) is 24.1. The summed E-state index contributed by atoms with van der Waals surface area (Å²) in [5.74, 6) is 0.949. The fourth-order valence-corrected chi connectivity index (χ4v) is 4.89. The van der Waals surface area contributed by atoms with Gasteiger partial charge in [0.1, 0.15) is 10.8 Å². The second-order valence-electron chi connectivity index (χ2n) is 7.50. The summed E-state index contributed by atoms with van der Waals surface area (Å²) in [6.07, 6.45) is 3.69. The first-order chi connectivity index (χ1) is 13.4. The van der Waals surface area contributed by atoms with Crippen molar-refractivity contribution in [2.24, 2.45) is 11.1 Å². The molecule has 2 aliphatic rings. The molecule has 2 aromatic heterocycles. The number of hydrogen-bond acceptors (Lipinski definition) is 9. The van der Waals surface area contributed by atoms with E-state index in [0.717, 1.165) is 43.1 Å². The Labute approximate surface area is 173 Å². The molecule has 0 radical (unpaired) electrons. The van der Waals surface area contributed by atoms with Crippen molar-refractivity contribution in [3.8, 4) is 0 Å². The Kier molecular flexibility index (Phi) is 5.34. The van der Waals surface area contributed by atoms with Crippen LogP contribution in [0.15, 0.2) is 22.2 Å². The first kappa shape index (κ1) is 19.6. The SMILES string of the molecule is Cc1nc(N2CCC3(CC2)CO[C@@H](C)[C@H]3N)nnc1Sc1ccnc(N)c1Cl. The zero-order chi connectivity index (χ0) is 19.9. The van der Waals surface area contributed by atoms with Gasteiger partial charge >= 0.3 is 0 Å². The average Bonchev–Trinajstić information content (AvgIpc) is 2.96. The fraction of sp³-hybridized carbons (Fsp3) is 0.556. The molecule has 0 aliphatic carbocycles. The van der Waals surface area contributed by atoms with Gasteiger partial charge in [-0.25, -0.2) is 9.97 Å². The summed E-state index contributed by atoms with van der Waals surface area (Å²) < 4.78 is 5.79. The van der Waals surface area contributed by atoms with Gasteiger partial charge in [0.05, 0.1) is 23.4 Å². The highest BCUT2D eigenvalue weighted by atomic mass is 35.5. The Hall–Kier alpha value is -1.68. The number of nitrogen functional groups attached to an aromatic ring is 1. The molecular weight excluding hydrogens is 398 g/mol. The fourth-order valence-electron chi connectivity index (χ4n) is 3.86. The van der Waals surface area contributed by atoms with E-state index in [1.807, 2.05) is 6.92 Å². The van der Waals surface area contributed by atoms with Crippen LogP contribution in [0.4, 0.5) is 11.8 Å². The van der Waals surface area contributed by atoms with Gasteiger partial charge in [0.15, 0.2) is 0 Å². The molecule has 2 atom stereocenters. The monoisotopic (exact) mass is 421 g/mol. The van der Waals surface area contributed by atoms with Gasteiger partial charge in [0.25, 0.3) is 0 Å². The number of ether oxygens (including phenoxy) is 1. The lowest BCUT2D eigenvalue weighted by molar-refractivity contribution is 0.0973. The minimum atomic E-state index is 0.0756. The van der Waals surface area contributed by atoms with Gasteiger partial charge in [-0.1, -0.05) is 23.4 Å². The molecule has 0 saturated carbocycles. The van der Waals surface area contributed by atoms with Crippen molar-refractivity contribution in [1.29, 1.82) is 0 Å². The van der Waals surface area contributed by atoms with Gasteiger partial charge in [-0.3, -0.25) is 0 Å². The van der Waals surface area contributed by atoms with Crippen LogP contribution in [-0.4, -0.2) is 52.0 Å². The number of halogens is 1. The number of nitrogens with zero attached hydrogens (tertiary/aromatic N) is 5. The van der Waals surface area contributed by atoms with Crippen LogP contribution in [0.3, 0.4) is 0 Å². The molecule has 10 heteroatoms. The van der Waals surface area contributed by atoms with Crippen molar-refractivity contribution in [2.45, 2.75) is 48.8 Å². The van der Waals surface area contributed by atoms with Crippen molar-refractivity contribution in [3.05, 3.63) is 23.0 Å². The number of pyridine rings is 1. The maximum absolute atomic E-state index is 6.40. The van der Waals surface area contributed by atoms with E-state index in [2.05, 4.69) is 32.0 Å². The van der Waals surface area contributed by atoms with Crippen LogP contribution in [0.25, 0.3) is 0 Å². The van der Waals surface area contributed by atoms with Crippen LogP contribution in [-0.2, 0) is 4.74 Å². The first-order valence-corrected chi connectivity index (χ1v) is 10.5. The number of nitrogens with two attached hydrogens (primary N) is 2. The zero-order valence-corrected chi connectivity index (χ0v) is 17.5. The van der Waals surface area contributed by atoms with Crippen LogP contribution >= 0.6 is 23.4 Å². The lowest BCUT2D eigenvalue weighted by Gasteiger charge is -2.41. The molecule has 0 amide bonds. The van der Waals surface area contributed by atoms with Crippen LogP contribution < -0.4 is 16.4 Å². The molecule has 1 spiro atoms. The van der Waals surface area contributed by atoms with Crippen LogP contribution in [0.1, 0.15) is 25.5 Å². The molecule has 4 rings (SSSR count). The molecule has 2 aliphatic heterocycles. The van der Waals surface area contributed by atoms with E-state index in [1.54, 1.807) is 12.3 Å². The Bertz CT molecular complexity index is 875. The van der Waals surface area contributed by atoms with E-state index < -0.39 is 0 Å². The third kappa shape index (κ3) is 3.52. The summed E-state index contributed by atoms with van der Waals surface area (Å²) >= 11 is 7.61. The highest BCUT2D eigenvalue weighted by Gasteiger charge is 2.47. The second-order valence-corrected chi connectivity index (χ2v) is 8.91. The smallest absolute Gasteiger partial charge is 0.245 e. The summed E-state index contributed by atoms with van der Waals surface area (Å²) in [4.78, 5) is 11.6. The number of hydrogen-bond donors (Lipinski definition) is 2. The maximum atomic E-state index is 6.40. The Morgan fingerprint density at radius 2 is 2.07 bits per heavy atom.